The topological polar surface area (TPSA) is 72.6 Å². The van der Waals surface area contributed by atoms with E-state index in [1.54, 1.807) is 31.4 Å². The second-order valence-electron chi connectivity index (χ2n) is 5.10. The number of ether oxygens (including phenoxy) is 1. The molecule has 0 heterocycles. The number of benzene rings is 1. The summed E-state index contributed by atoms with van der Waals surface area (Å²) in [6, 6.07) is 6.71. The molecule has 0 radical (unpaired) electrons. The van der Waals surface area contributed by atoms with Crippen LogP contribution in [0.5, 0.6) is 0 Å². The molecule has 20 heavy (non-hydrogen) atoms. The highest BCUT2D eigenvalue weighted by molar-refractivity contribution is 7.89. The zero-order valence-electron chi connectivity index (χ0n) is 12.4. The standard InChI is InChI=1S/C14H24N2O3S/c1-12(2)11-16(8-9-19-3)20(17,18)14-6-4-13(10-15)5-7-14/h4-7,12H,8-11,15H2,1-3H3. The number of sulfonamides is 1. The van der Waals surface area contributed by atoms with Gasteiger partial charge in [-0.1, -0.05) is 26.0 Å². The van der Waals surface area contributed by atoms with E-state index in [4.69, 9.17) is 10.5 Å². The largest absolute Gasteiger partial charge is 0.383 e. The zero-order valence-corrected chi connectivity index (χ0v) is 13.2. The predicted octanol–water partition coefficient (Wildman–Crippen LogP) is 1.44. The van der Waals surface area contributed by atoms with Crippen molar-refractivity contribution in [3.8, 4) is 0 Å². The van der Waals surface area contributed by atoms with E-state index in [0.29, 0.717) is 31.1 Å². The molecule has 114 valence electrons. The van der Waals surface area contributed by atoms with E-state index >= 15 is 0 Å². The Balaban J connectivity index is 3.00. The molecule has 0 aliphatic rings. The van der Waals surface area contributed by atoms with Crippen LogP contribution in [0.3, 0.4) is 0 Å². The molecule has 6 heteroatoms. The van der Waals surface area contributed by atoms with Gasteiger partial charge in [0.15, 0.2) is 0 Å². The lowest BCUT2D eigenvalue weighted by Gasteiger charge is -2.23. The maximum absolute atomic E-state index is 12.6. The maximum atomic E-state index is 12.6. The second-order valence-corrected chi connectivity index (χ2v) is 7.04. The van der Waals surface area contributed by atoms with Crippen LogP contribution in [0.4, 0.5) is 0 Å². The first-order valence-corrected chi connectivity index (χ1v) is 8.14. The molecule has 0 atom stereocenters. The molecule has 0 aliphatic heterocycles. The highest BCUT2D eigenvalue weighted by atomic mass is 32.2. The monoisotopic (exact) mass is 300 g/mol. The van der Waals surface area contributed by atoms with Crippen LogP contribution in [0, 0.1) is 5.92 Å². The minimum absolute atomic E-state index is 0.255. The van der Waals surface area contributed by atoms with E-state index in [-0.39, 0.29) is 5.92 Å². The number of methoxy groups -OCH3 is 1. The number of nitrogens with two attached hydrogens (primary N) is 1. The van der Waals surface area contributed by atoms with Crippen LogP contribution < -0.4 is 5.73 Å². The quantitative estimate of drug-likeness (QED) is 0.788. The SMILES string of the molecule is COCCN(CC(C)C)S(=O)(=O)c1ccc(CN)cc1. The van der Waals surface area contributed by atoms with Crippen LogP contribution in [-0.2, 0) is 21.3 Å². The molecule has 0 amide bonds. The van der Waals surface area contributed by atoms with Crippen molar-refractivity contribution in [2.24, 2.45) is 11.7 Å². The molecule has 5 nitrogen and oxygen atoms in total. The summed E-state index contributed by atoms with van der Waals surface area (Å²) in [5.74, 6) is 0.255. The molecule has 0 fully saturated rings. The fourth-order valence-electron chi connectivity index (χ4n) is 1.86. The molecule has 0 saturated carbocycles. The lowest BCUT2D eigenvalue weighted by atomic mass is 10.2. The summed E-state index contributed by atoms with van der Waals surface area (Å²) in [7, 11) is -1.92. The van der Waals surface area contributed by atoms with Gasteiger partial charge in [-0.15, -0.1) is 0 Å². The predicted molar refractivity (Wildman–Crippen MR) is 79.8 cm³/mol. The Morgan fingerprint density at radius 2 is 1.85 bits per heavy atom. The van der Waals surface area contributed by atoms with E-state index < -0.39 is 10.0 Å². The van der Waals surface area contributed by atoms with Crippen LogP contribution in [0.25, 0.3) is 0 Å². The summed E-state index contributed by atoms with van der Waals surface area (Å²) in [5.41, 5.74) is 6.44. The third-order valence-corrected chi connectivity index (χ3v) is 4.79. The second kappa shape index (κ2) is 7.73. The average Bonchev–Trinajstić information content (AvgIpc) is 2.43. The summed E-state index contributed by atoms with van der Waals surface area (Å²) in [5, 5.41) is 0. The van der Waals surface area contributed by atoms with Crippen molar-refractivity contribution in [3.05, 3.63) is 29.8 Å². The lowest BCUT2D eigenvalue weighted by molar-refractivity contribution is 0.175. The molecular weight excluding hydrogens is 276 g/mol. The van der Waals surface area contributed by atoms with Crippen molar-refractivity contribution in [3.63, 3.8) is 0 Å². The Morgan fingerprint density at radius 1 is 1.25 bits per heavy atom. The van der Waals surface area contributed by atoms with E-state index in [9.17, 15) is 8.42 Å². The van der Waals surface area contributed by atoms with Crippen molar-refractivity contribution in [2.45, 2.75) is 25.3 Å². The molecule has 0 unspecified atom stereocenters. The first kappa shape index (κ1) is 17.1. The zero-order chi connectivity index (χ0) is 15.2. The normalized spacial score (nSPS) is 12.3. The van der Waals surface area contributed by atoms with Crippen molar-refractivity contribution in [1.29, 1.82) is 0 Å². The Morgan fingerprint density at radius 3 is 2.30 bits per heavy atom. The van der Waals surface area contributed by atoms with Crippen molar-refractivity contribution >= 4 is 10.0 Å². The number of hydrogen-bond donors (Lipinski definition) is 1. The van der Waals surface area contributed by atoms with Gasteiger partial charge in [-0.3, -0.25) is 0 Å². The Kier molecular flexibility index (Phi) is 6.61. The van der Waals surface area contributed by atoms with Crippen LogP contribution >= 0.6 is 0 Å². The van der Waals surface area contributed by atoms with Crippen LogP contribution in [0.2, 0.25) is 0 Å². The van der Waals surface area contributed by atoms with Crippen molar-refractivity contribution < 1.29 is 13.2 Å². The number of hydrogen-bond acceptors (Lipinski definition) is 4. The van der Waals surface area contributed by atoms with E-state index in [1.807, 2.05) is 13.8 Å². The first-order valence-electron chi connectivity index (χ1n) is 6.70. The third-order valence-electron chi connectivity index (χ3n) is 2.91. The maximum Gasteiger partial charge on any atom is 0.243 e. The van der Waals surface area contributed by atoms with Gasteiger partial charge in [0.1, 0.15) is 0 Å². The minimum atomic E-state index is -3.48. The van der Waals surface area contributed by atoms with Crippen molar-refractivity contribution in [2.75, 3.05) is 26.8 Å². The van der Waals surface area contributed by atoms with Gasteiger partial charge in [0.25, 0.3) is 0 Å². The average molecular weight is 300 g/mol. The summed E-state index contributed by atoms with van der Waals surface area (Å²) in [6.07, 6.45) is 0. The van der Waals surface area contributed by atoms with Gasteiger partial charge in [0, 0.05) is 26.7 Å². The fourth-order valence-corrected chi connectivity index (χ4v) is 3.44. The minimum Gasteiger partial charge on any atom is -0.383 e. The van der Waals surface area contributed by atoms with E-state index in [0.717, 1.165) is 5.56 Å². The van der Waals surface area contributed by atoms with Crippen LogP contribution in [-0.4, -0.2) is 39.5 Å². The van der Waals surface area contributed by atoms with Gasteiger partial charge in [-0.05, 0) is 23.6 Å². The molecule has 0 aliphatic carbocycles. The van der Waals surface area contributed by atoms with Gasteiger partial charge in [0.2, 0.25) is 10.0 Å². The van der Waals surface area contributed by atoms with Crippen LogP contribution in [0.1, 0.15) is 19.4 Å². The molecular formula is C14H24N2O3S. The smallest absolute Gasteiger partial charge is 0.243 e. The lowest BCUT2D eigenvalue weighted by Crippen LogP contribution is -2.36. The van der Waals surface area contributed by atoms with Gasteiger partial charge < -0.3 is 10.5 Å². The molecule has 0 saturated heterocycles. The fraction of sp³-hybridized carbons (Fsp3) is 0.571. The summed E-state index contributed by atoms with van der Waals surface area (Å²) in [4.78, 5) is 0.298. The Hall–Kier alpha value is -0.950. The molecule has 1 aromatic carbocycles. The number of rotatable bonds is 8. The summed E-state index contributed by atoms with van der Waals surface area (Å²) >= 11 is 0. The summed E-state index contributed by atoms with van der Waals surface area (Å²) in [6.45, 7) is 5.60. The number of nitrogens with zero attached hydrogens (tertiary/aromatic N) is 1. The Labute approximate surface area is 121 Å². The molecule has 1 aromatic rings. The highest BCUT2D eigenvalue weighted by Crippen LogP contribution is 2.17. The van der Waals surface area contributed by atoms with Gasteiger partial charge in [-0.25, -0.2) is 8.42 Å². The summed E-state index contributed by atoms with van der Waals surface area (Å²) < 4.78 is 31.7. The highest BCUT2D eigenvalue weighted by Gasteiger charge is 2.24. The van der Waals surface area contributed by atoms with E-state index in [1.165, 1.54) is 4.31 Å². The molecule has 0 bridgehead atoms. The molecule has 2 N–H and O–H groups in total. The van der Waals surface area contributed by atoms with E-state index in [2.05, 4.69) is 0 Å². The first-order chi connectivity index (χ1) is 9.41. The van der Waals surface area contributed by atoms with Gasteiger partial charge in [0.05, 0.1) is 11.5 Å². The third kappa shape index (κ3) is 4.56. The molecule has 0 aromatic heterocycles. The van der Waals surface area contributed by atoms with Crippen molar-refractivity contribution in [1.82, 2.24) is 4.31 Å². The Bertz CT molecular complexity index is 498. The van der Waals surface area contributed by atoms with Gasteiger partial charge in [-0.2, -0.15) is 4.31 Å². The molecule has 0 spiro atoms. The molecule has 1 rings (SSSR count). The van der Waals surface area contributed by atoms with Crippen LogP contribution in [0.15, 0.2) is 29.2 Å². The van der Waals surface area contributed by atoms with Gasteiger partial charge >= 0.3 is 0 Å².